The van der Waals surface area contributed by atoms with E-state index >= 15 is 0 Å². The average Bonchev–Trinajstić information content (AvgIpc) is 2.66. The van der Waals surface area contributed by atoms with Gasteiger partial charge in [0.25, 0.3) is 0 Å². The van der Waals surface area contributed by atoms with Crippen LogP contribution in [0.1, 0.15) is 25.0 Å². The molecule has 1 amide bonds. The van der Waals surface area contributed by atoms with Crippen LogP contribution >= 0.6 is 0 Å². The summed E-state index contributed by atoms with van der Waals surface area (Å²) in [7, 11) is 0. The van der Waals surface area contributed by atoms with Crippen LogP contribution in [0.25, 0.3) is 5.57 Å². The van der Waals surface area contributed by atoms with Crippen LogP contribution in [-0.4, -0.2) is 10.5 Å². The lowest BCUT2D eigenvalue weighted by Crippen LogP contribution is -2.17. The molecule has 2 rings (SSSR count). The lowest BCUT2D eigenvalue weighted by Gasteiger charge is -2.15. The lowest BCUT2D eigenvalue weighted by atomic mass is 10.0. The van der Waals surface area contributed by atoms with Crippen molar-refractivity contribution in [1.82, 2.24) is 5.32 Å². The highest BCUT2D eigenvalue weighted by atomic mass is 32.2. The summed E-state index contributed by atoms with van der Waals surface area (Å²) in [4.78, 5) is 11.2. The number of carbonyl (C=O) groups excluding carboxylic acids is 1. The van der Waals surface area contributed by atoms with Crippen LogP contribution in [0.3, 0.4) is 0 Å². The molecule has 29 heavy (non-hydrogen) atoms. The van der Waals surface area contributed by atoms with Gasteiger partial charge in [0.05, 0.1) is 5.69 Å². The quantitative estimate of drug-likeness (QED) is 0.492. The van der Waals surface area contributed by atoms with Gasteiger partial charge in [-0.3, -0.25) is 4.79 Å². The van der Waals surface area contributed by atoms with Crippen LogP contribution in [0, 0.1) is 18.6 Å². The van der Waals surface area contributed by atoms with Crippen LogP contribution in [0.15, 0.2) is 71.8 Å². The standard InChI is InChI=1S/C22H22F2N2O2S/c1-5-16(11-19(6-2)25-15(4)27)17-8-7-14(3)21(12-17)26-29(28)22-10-9-18(23)13-20(22)24/h5-13,26H,2H2,1,3-4H3,(H,25,27)/b16-5+,19-11+. The number of allylic oxidation sites excluding steroid dienone is 4. The predicted molar refractivity (Wildman–Crippen MR) is 113 cm³/mol. The second-order valence-corrected chi connectivity index (χ2v) is 7.39. The number of hydrogen-bond donors (Lipinski definition) is 2. The summed E-state index contributed by atoms with van der Waals surface area (Å²) in [6.07, 6.45) is 5.15. The van der Waals surface area contributed by atoms with E-state index in [1.54, 1.807) is 12.1 Å². The molecule has 0 saturated heterocycles. The molecule has 1 atom stereocenters. The smallest absolute Gasteiger partial charge is 0.221 e. The zero-order valence-electron chi connectivity index (χ0n) is 16.4. The van der Waals surface area contributed by atoms with E-state index in [0.29, 0.717) is 17.5 Å². The molecule has 0 aliphatic heterocycles. The summed E-state index contributed by atoms with van der Waals surface area (Å²) >= 11 is -1.91. The molecule has 152 valence electrons. The Balaban J connectivity index is 2.34. The van der Waals surface area contributed by atoms with Crippen molar-refractivity contribution >= 4 is 28.5 Å². The van der Waals surface area contributed by atoms with Gasteiger partial charge in [0.2, 0.25) is 10.8 Å². The van der Waals surface area contributed by atoms with Crippen molar-refractivity contribution in [1.29, 1.82) is 0 Å². The maximum absolute atomic E-state index is 13.9. The second kappa shape index (κ2) is 10.0. The number of nitrogens with one attached hydrogen (secondary N) is 2. The zero-order valence-corrected chi connectivity index (χ0v) is 17.2. The summed E-state index contributed by atoms with van der Waals surface area (Å²) in [6.45, 7) is 8.76. The number of anilines is 1. The Labute approximate surface area is 172 Å². The minimum Gasteiger partial charge on any atom is -0.588 e. The fourth-order valence-electron chi connectivity index (χ4n) is 2.54. The van der Waals surface area contributed by atoms with E-state index in [9.17, 15) is 18.1 Å². The number of halogens is 2. The first-order valence-electron chi connectivity index (χ1n) is 8.77. The Kier molecular flexibility index (Phi) is 7.75. The number of benzene rings is 2. The predicted octanol–water partition coefficient (Wildman–Crippen LogP) is 5.02. The van der Waals surface area contributed by atoms with Crippen molar-refractivity contribution in [2.45, 2.75) is 25.7 Å². The molecule has 2 aromatic rings. The van der Waals surface area contributed by atoms with Crippen molar-refractivity contribution in [3.8, 4) is 0 Å². The molecule has 2 N–H and O–H groups in total. The van der Waals surface area contributed by atoms with E-state index in [1.165, 1.54) is 13.0 Å². The lowest BCUT2D eigenvalue weighted by molar-refractivity contribution is -0.118. The van der Waals surface area contributed by atoms with Gasteiger partial charge in [-0.25, -0.2) is 13.5 Å². The summed E-state index contributed by atoms with van der Waals surface area (Å²) in [5, 5.41) is 2.68. The number of carbonyl (C=O) groups is 1. The molecule has 4 nitrogen and oxygen atoms in total. The van der Waals surface area contributed by atoms with Crippen molar-refractivity contribution in [3.63, 3.8) is 0 Å². The highest BCUT2D eigenvalue weighted by Gasteiger charge is 2.19. The second-order valence-electron chi connectivity index (χ2n) is 6.20. The van der Waals surface area contributed by atoms with E-state index in [2.05, 4.69) is 16.6 Å². The third-order valence-corrected chi connectivity index (χ3v) is 5.17. The summed E-state index contributed by atoms with van der Waals surface area (Å²) in [5.41, 5.74) is 3.47. The summed E-state index contributed by atoms with van der Waals surface area (Å²) in [5.74, 6) is -1.83. The van der Waals surface area contributed by atoms with Crippen LogP contribution in [-0.2, 0) is 16.2 Å². The third-order valence-electron chi connectivity index (χ3n) is 4.03. The van der Waals surface area contributed by atoms with Crippen molar-refractivity contribution < 1.29 is 18.1 Å². The topological polar surface area (TPSA) is 64.2 Å². The fourth-order valence-corrected chi connectivity index (χ4v) is 3.50. The van der Waals surface area contributed by atoms with Gasteiger partial charge in [-0.1, -0.05) is 24.8 Å². The first-order chi connectivity index (χ1) is 13.7. The van der Waals surface area contributed by atoms with Crippen LogP contribution < -0.4 is 10.0 Å². The van der Waals surface area contributed by atoms with E-state index in [-0.39, 0.29) is 10.8 Å². The summed E-state index contributed by atoms with van der Waals surface area (Å²) < 4.78 is 42.3. The maximum atomic E-state index is 13.9. The Morgan fingerprint density at radius 3 is 2.52 bits per heavy atom. The monoisotopic (exact) mass is 416 g/mol. The van der Waals surface area contributed by atoms with E-state index < -0.39 is 23.0 Å². The molecule has 0 heterocycles. The van der Waals surface area contributed by atoms with Gasteiger partial charge in [-0.05, 0) is 54.8 Å². The average molecular weight is 416 g/mol. The highest BCUT2D eigenvalue weighted by molar-refractivity contribution is 7.92. The molecule has 0 radical (unpaired) electrons. The molecule has 0 saturated carbocycles. The number of amides is 1. The van der Waals surface area contributed by atoms with Gasteiger partial charge >= 0.3 is 0 Å². The van der Waals surface area contributed by atoms with E-state index in [4.69, 9.17) is 0 Å². The molecular weight excluding hydrogens is 394 g/mol. The first-order valence-corrected chi connectivity index (χ1v) is 9.92. The van der Waals surface area contributed by atoms with Crippen LogP contribution in [0.2, 0.25) is 0 Å². The summed E-state index contributed by atoms with van der Waals surface area (Å²) in [6, 6.07) is 8.38. The van der Waals surface area contributed by atoms with Gasteiger partial charge in [-0.15, -0.1) is 0 Å². The maximum Gasteiger partial charge on any atom is 0.221 e. The Bertz CT molecular complexity index is 987. The van der Waals surface area contributed by atoms with Gasteiger partial charge in [0.1, 0.15) is 17.2 Å². The van der Waals surface area contributed by atoms with Gasteiger partial charge in [-0.2, -0.15) is 0 Å². The van der Waals surface area contributed by atoms with Gasteiger partial charge < -0.3 is 9.87 Å². The minimum absolute atomic E-state index is 0.137. The molecule has 0 fully saturated rings. The number of hydrogen-bond acceptors (Lipinski definition) is 3. The molecule has 0 spiro atoms. The number of rotatable bonds is 7. The van der Waals surface area contributed by atoms with Gasteiger partial charge in [0, 0.05) is 24.8 Å². The Morgan fingerprint density at radius 2 is 1.93 bits per heavy atom. The molecule has 0 aliphatic rings. The molecule has 0 aliphatic carbocycles. The van der Waals surface area contributed by atoms with Crippen LogP contribution in [0.5, 0.6) is 0 Å². The SMILES string of the molecule is C=C/C(=C\C(=C/C)c1ccc(C)c(N[S+]([O-])c2ccc(F)cc2F)c1)NC(C)=O. The van der Waals surface area contributed by atoms with E-state index in [1.807, 2.05) is 32.1 Å². The third kappa shape index (κ3) is 6.04. The molecule has 2 aromatic carbocycles. The van der Waals surface area contributed by atoms with Crippen molar-refractivity contribution in [2.24, 2.45) is 0 Å². The molecule has 0 aromatic heterocycles. The Morgan fingerprint density at radius 1 is 1.21 bits per heavy atom. The van der Waals surface area contributed by atoms with Crippen molar-refractivity contribution in [3.05, 3.63) is 89.7 Å². The Hall–Kier alpha value is -2.90. The molecular formula is C22H22F2N2O2S. The molecule has 1 unspecified atom stereocenters. The number of aryl methyl sites for hydroxylation is 1. The zero-order chi connectivity index (χ0) is 21.6. The minimum atomic E-state index is -1.91. The largest absolute Gasteiger partial charge is 0.588 e. The van der Waals surface area contributed by atoms with Gasteiger partial charge in [0.15, 0.2) is 5.82 Å². The molecule has 7 heteroatoms. The highest BCUT2D eigenvalue weighted by Crippen LogP contribution is 2.27. The van der Waals surface area contributed by atoms with Crippen molar-refractivity contribution in [2.75, 3.05) is 4.72 Å². The molecule has 0 bridgehead atoms. The first kappa shape index (κ1) is 22.4. The van der Waals surface area contributed by atoms with E-state index in [0.717, 1.165) is 28.8 Å². The fraction of sp³-hybridized carbons (Fsp3) is 0.136. The van der Waals surface area contributed by atoms with Crippen LogP contribution in [0.4, 0.5) is 14.5 Å². The normalized spacial score (nSPS) is 13.0.